The standard InChI is InChI=1S/C13H16O6/c14-12-10(2-6-18-12)8-16-4-1-5-17-9-11-3-7-19-13(11)15/h8-9H,1-7H2/b10-8-,11-9+. The molecule has 0 bridgehead atoms. The van der Waals surface area contributed by atoms with Crippen molar-refractivity contribution in [2.75, 3.05) is 26.4 Å². The van der Waals surface area contributed by atoms with E-state index in [0.29, 0.717) is 56.8 Å². The summed E-state index contributed by atoms with van der Waals surface area (Å²) in [6.07, 6.45) is 4.76. The van der Waals surface area contributed by atoms with E-state index in [1.807, 2.05) is 0 Å². The third kappa shape index (κ3) is 4.01. The van der Waals surface area contributed by atoms with Gasteiger partial charge in [0.25, 0.3) is 0 Å². The quantitative estimate of drug-likeness (QED) is 0.310. The fourth-order valence-corrected chi connectivity index (χ4v) is 1.66. The summed E-state index contributed by atoms with van der Waals surface area (Å²) >= 11 is 0. The molecule has 2 aliphatic rings. The molecule has 104 valence electrons. The zero-order chi connectivity index (χ0) is 13.5. The Hall–Kier alpha value is -1.98. The molecule has 2 rings (SSSR count). The number of carbonyl (C=O) groups excluding carboxylic acids is 2. The summed E-state index contributed by atoms with van der Waals surface area (Å²) in [6, 6.07) is 0. The van der Waals surface area contributed by atoms with Gasteiger partial charge in [0.1, 0.15) is 0 Å². The summed E-state index contributed by atoms with van der Waals surface area (Å²) in [7, 11) is 0. The van der Waals surface area contributed by atoms with Gasteiger partial charge in [-0.15, -0.1) is 0 Å². The van der Waals surface area contributed by atoms with Gasteiger partial charge in [-0.3, -0.25) is 0 Å². The largest absolute Gasteiger partial charge is 0.500 e. The van der Waals surface area contributed by atoms with Gasteiger partial charge in [-0.2, -0.15) is 0 Å². The number of hydrogen-bond acceptors (Lipinski definition) is 6. The third-order valence-corrected chi connectivity index (χ3v) is 2.71. The average Bonchev–Trinajstić information content (AvgIpc) is 2.98. The van der Waals surface area contributed by atoms with Crippen LogP contribution in [0, 0.1) is 0 Å². The Morgan fingerprint density at radius 2 is 1.37 bits per heavy atom. The lowest BCUT2D eigenvalue weighted by atomic mass is 10.2. The van der Waals surface area contributed by atoms with Crippen LogP contribution in [0.5, 0.6) is 0 Å². The van der Waals surface area contributed by atoms with Crippen LogP contribution in [-0.4, -0.2) is 38.4 Å². The topological polar surface area (TPSA) is 71.1 Å². The molecule has 0 aromatic rings. The highest BCUT2D eigenvalue weighted by Gasteiger charge is 2.19. The molecule has 2 saturated heterocycles. The summed E-state index contributed by atoms with van der Waals surface area (Å²) in [5.74, 6) is -0.610. The van der Waals surface area contributed by atoms with Crippen molar-refractivity contribution >= 4 is 11.9 Å². The number of hydrogen-bond donors (Lipinski definition) is 0. The Balaban J connectivity index is 1.55. The lowest BCUT2D eigenvalue weighted by molar-refractivity contribution is -0.136. The molecule has 0 aromatic heterocycles. The van der Waals surface area contributed by atoms with Gasteiger partial charge in [0, 0.05) is 19.3 Å². The number of rotatable bonds is 6. The van der Waals surface area contributed by atoms with Crippen LogP contribution in [0.25, 0.3) is 0 Å². The molecular weight excluding hydrogens is 252 g/mol. The van der Waals surface area contributed by atoms with E-state index in [2.05, 4.69) is 0 Å². The predicted octanol–water partition coefficient (Wildman–Crippen LogP) is 1.07. The molecule has 0 atom stereocenters. The molecule has 0 radical (unpaired) electrons. The zero-order valence-electron chi connectivity index (χ0n) is 10.6. The summed E-state index contributed by atoms with van der Waals surface area (Å²) in [5.41, 5.74) is 1.13. The minimum atomic E-state index is -0.305. The molecule has 0 amide bonds. The van der Waals surface area contributed by atoms with Crippen molar-refractivity contribution in [1.29, 1.82) is 0 Å². The highest BCUT2D eigenvalue weighted by atomic mass is 16.5. The van der Waals surface area contributed by atoms with Crippen molar-refractivity contribution in [3.05, 3.63) is 23.7 Å². The maximum Gasteiger partial charge on any atom is 0.337 e. The van der Waals surface area contributed by atoms with Crippen molar-refractivity contribution < 1.29 is 28.5 Å². The second-order valence-corrected chi connectivity index (χ2v) is 4.15. The summed E-state index contributed by atoms with van der Waals surface area (Å²) in [6.45, 7) is 1.76. The predicted molar refractivity (Wildman–Crippen MR) is 63.8 cm³/mol. The number of carbonyl (C=O) groups is 2. The molecule has 0 spiro atoms. The van der Waals surface area contributed by atoms with E-state index in [-0.39, 0.29) is 11.9 Å². The first-order valence-corrected chi connectivity index (χ1v) is 6.23. The molecule has 0 aromatic carbocycles. The van der Waals surface area contributed by atoms with E-state index in [0.717, 1.165) is 0 Å². The van der Waals surface area contributed by atoms with Crippen LogP contribution in [0.4, 0.5) is 0 Å². The van der Waals surface area contributed by atoms with Crippen molar-refractivity contribution in [3.63, 3.8) is 0 Å². The fourth-order valence-electron chi connectivity index (χ4n) is 1.66. The minimum absolute atomic E-state index is 0.305. The Morgan fingerprint density at radius 1 is 0.895 bits per heavy atom. The third-order valence-electron chi connectivity index (χ3n) is 2.71. The van der Waals surface area contributed by atoms with E-state index in [1.165, 1.54) is 12.5 Å². The summed E-state index contributed by atoms with van der Waals surface area (Å²) in [4.78, 5) is 22.1. The molecule has 0 N–H and O–H groups in total. The van der Waals surface area contributed by atoms with Gasteiger partial charge in [0.15, 0.2) is 0 Å². The van der Waals surface area contributed by atoms with Crippen molar-refractivity contribution in [1.82, 2.24) is 0 Å². The summed E-state index contributed by atoms with van der Waals surface area (Å²) in [5, 5.41) is 0. The molecule has 19 heavy (non-hydrogen) atoms. The van der Waals surface area contributed by atoms with Crippen LogP contribution in [0.3, 0.4) is 0 Å². The SMILES string of the molecule is O=C1OCC/C1=C/OCCCO/C=C1\CCOC1=O. The van der Waals surface area contributed by atoms with Gasteiger partial charge in [-0.25, -0.2) is 9.59 Å². The molecule has 6 heteroatoms. The zero-order valence-corrected chi connectivity index (χ0v) is 10.6. The first kappa shape index (κ1) is 13.5. The van der Waals surface area contributed by atoms with Crippen LogP contribution >= 0.6 is 0 Å². The van der Waals surface area contributed by atoms with Gasteiger partial charge in [0.2, 0.25) is 0 Å². The number of ether oxygens (including phenoxy) is 4. The van der Waals surface area contributed by atoms with Gasteiger partial charge in [-0.1, -0.05) is 0 Å². The normalized spacial score (nSPS) is 22.7. The second kappa shape index (κ2) is 6.82. The molecule has 2 aliphatic heterocycles. The van der Waals surface area contributed by atoms with Gasteiger partial charge < -0.3 is 18.9 Å². The van der Waals surface area contributed by atoms with E-state index in [9.17, 15) is 9.59 Å². The van der Waals surface area contributed by atoms with Gasteiger partial charge >= 0.3 is 11.9 Å². The van der Waals surface area contributed by atoms with Crippen LogP contribution < -0.4 is 0 Å². The van der Waals surface area contributed by atoms with E-state index in [1.54, 1.807) is 0 Å². The molecular formula is C13H16O6. The Kier molecular flexibility index (Phi) is 4.83. The maximum absolute atomic E-state index is 11.1. The highest BCUT2D eigenvalue weighted by Crippen LogP contribution is 2.13. The first-order chi connectivity index (χ1) is 9.27. The van der Waals surface area contributed by atoms with Crippen LogP contribution in [0.15, 0.2) is 23.7 Å². The molecule has 2 fully saturated rings. The average molecular weight is 268 g/mol. The van der Waals surface area contributed by atoms with Crippen molar-refractivity contribution in [2.24, 2.45) is 0 Å². The smallest absolute Gasteiger partial charge is 0.337 e. The molecule has 0 saturated carbocycles. The summed E-state index contributed by atoms with van der Waals surface area (Å²) < 4.78 is 20.0. The van der Waals surface area contributed by atoms with Gasteiger partial charge in [0.05, 0.1) is 50.1 Å². The molecule has 0 unspecified atom stereocenters. The van der Waals surface area contributed by atoms with Crippen LogP contribution in [0.2, 0.25) is 0 Å². The van der Waals surface area contributed by atoms with Gasteiger partial charge in [-0.05, 0) is 0 Å². The monoisotopic (exact) mass is 268 g/mol. The van der Waals surface area contributed by atoms with E-state index in [4.69, 9.17) is 18.9 Å². The minimum Gasteiger partial charge on any atom is -0.500 e. The molecule has 6 nitrogen and oxygen atoms in total. The maximum atomic E-state index is 11.1. The van der Waals surface area contributed by atoms with E-state index < -0.39 is 0 Å². The Bertz CT molecular complexity index is 371. The van der Waals surface area contributed by atoms with Crippen molar-refractivity contribution in [3.8, 4) is 0 Å². The van der Waals surface area contributed by atoms with Crippen molar-refractivity contribution in [2.45, 2.75) is 19.3 Å². The van der Waals surface area contributed by atoms with E-state index >= 15 is 0 Å². The Labute approximate surface area is 111 Å². The number of cyclic esters (lactones) is 2. The second-order valence-electron chi connectivity index (χ2n) is 4.15. The van der Waals surface area contributed by atoms with Crippen LogP contribution in [-0.2, 0) is 28.5 Å². The lowest BCUT2D eigenvalue weighted by Crippen LogP contribution is -2.00. The lowest BCUT2D eigenvalue weighted by Gasteiger charge is -2.02. The Morgan fingerprint density at radius 3 is 1.74 bits per heavy atom. The molecule has 0 aliphatic carbocycles. The fraction of sp³-hybridized carbons (Fsp3) is 0.538. The number of esters is 2. The van der Waals surface area contributed by atoms with Crippen LogP contribution in [0.1, 0.15) is 19.3 Å². The first-order valence-electron chi connectivity index (χ1n) is 6.23. The molecule has 2 heterocycles. The highest BCUT2D eigenvalue weighted by molar-refractivity contribution is 5.90.